The molecule has 8 nitrogen and oxygen atoms in total. The van der Waals surface area contributed by atoms with Gasteiger partial charge in [-0.25, -0.2) is 0 Å². The van der Waals surface area contributed by atoms with Gasteiger partial charge in [0.2, 0.25) is 11.9 Å². The van der Waals surface area contributed by atoms with Crippen LogP contribution in [-0.2, 0) is 0 Å². The van der Waals surface area contributed by atoms with Crippen LogP contribution in [0, 0.1) is 0 Å². The molecule has 0 heterocycles. The Labute approximate surface area is 186 Å². The van der Waals surface area contributed by atoms with Crippen LogP contribution in [0.4, 0.5) is 0 Å². The van der Waals surface area contributed by atoms with Crippen LogP contribution in [-0.4, -0.2) is 62.3 Å². The fourth-order valence-electron chi connectivity index (χ4n) is 2.97. The molecule has 160 valence electrons. The highest BCUT2D eigenvalue weighted by Gasteiger charge is 2.12. The Morgan fingerprint density at radius 1 is 0.742 bits per heavy atom. The highest BCUT2D eigenvalue weighted by Crippen LogP contribution is 2.33. The minimum absolute atomic E-state index is 0.308. The van der Waals surface area contributed by atoms with Crippen molar-refractivity contribution >= 4 is 57.5 Å². The summed E-state index contributed by atoms with van der Waals surface area (Å²) in [5.74, 6) is 0.621. The summed E-state index contributed by atoms with van der Waals surface area (Å²) < 4.78 is 0. The summed E-state index contributed by atoms with van der Waals surface area (Å²) >= 11 is 6.32. The Bertz CT molecular complexity index is 1230. The van der Waals surface area contributed by atoms with Gasteiger partial charge in [-0.15, -0.1) is 10.2 Å². The standard InChI is InChI=1S/C22H25ClN8/c1-30(2)21(24)28-26-12-19-15-7-5-6-8-16(15)20(13-27-29-22(25)31(3)4)18-11-14(23)9-10-17(18)19/h5-13H,1-4H3,(H2,24,28)(H2,25,29)/b26-12+,27-13+. The van der Waals surface area contributed by atoms with E-state index >= 15 is 0 Å². The van der Waals surface area contributed by atoms with Crippen molar-refractivity contribution in [3.8, 4) is 0 Å². The molecule has 0 atom stereocenters. The second kappa shape index (κ2) is 9.44. The minimum Gasteiger partial charge on any atom is -0.368 e. The minimum atomic E-state index is 0.308. The lowest BCUT2D eigenvalue weighted by Gasteiger charge is -2.12. The van der Waals surface area contributed by atoms with Gasteiger partial charge in [-0.1, -0.05) is 41.9 Å². The molecule has 0 aromatic heterocycles. The number of nitrogens with zero attached hydrogens (tertiary/aromatic N) is 6. The van der Waals surface area contributed by atoms with Crippen LogP contribution in [0.3, 0.4) is 0 Å². The monoisotopic (exact) mass is 436 g/mol. The molecule has 0 aliphatic rings. The summed E-state index contributed by atoms with van der Waals surface area (Å²) in [7, 11) is 7.22. The summed E-state index contributed by atoms with van der Waals surface area (Å²) in [5, 5.41) is 21.0. The van der Waals surface area contributed by atoms with Crippen molar-refractivity contribution in [3.05, 3.63) is 58.6 Å². The largest absolute Gasteiger partial charge is 0.368 e. The zero-order chi connectivity index (χ0) is 22.5. The second-order valence-electron chi connectivity index (χ2n) is 7.26. The fourth-order valence-corrected chi connectivity index (χ4v) is 3.14. The lowest BCUT2D eigenvalue weighted by molar-refractivity contribution is 0.611. The molecule has 0 bridgehead atoms. The summed E-state index contributed by atoms with van der Waals surface area (Å²) in [4.78, 5) is 3.37. The van der Waals surface area contributed by atoms with Crippen LogP contribution in [0.2, 0.25) is 5.02 Å². The molecule has 3 rings (SSSR count). The molecular formula is C22H25ClN8. The smallest absolute Gasteiger partial charge is 0.215 e. The molecule has 0 saturated heterocycles. The van der Waals surface area contributed by atoms with E-state index in [0.717, 1.165) is 32.7 Å². The average molecular weight is 437 g/mol. The summed E-state index contributed by atoms with van der Waals surface area (Å²) in [5.41, 5.74) is 13.5. The van der Waals surface area contributed by atoms with E-state index in [1.165, 1.54) is 0 Å². The van der Waals surface area contributed by atoms with Crippen LogP contribution in [0.5, 0.6) is 0 Å². The maximum atomic E-state index is 6.32. The van der Waals surface area contributed by atoms with Gasteiger partial charge in [0.05, 0.1) is 12.4 Å². The lowest BCUT2D eigenvalue weighted by Crippen LogP contribution is -2.29. The first-order chi connectivity index (χ1) is 14.8. The van der Waals surface area contributed by atoms with Crippen LogP contribution >= 0.6 is 11.6 Å². The molecule has 3 aromatic carbocycles. The predicted molar refractivity (Wildman–Crippen MR) is 132 cm³/mol. The van der Waals surface area contributed by atoms with Gasteiger partial charge in [-0.3, -0.25) is 0 Å². The van der Waals surface area contributed by atoms with Gasteiger partial charge in [-0.2, -0.15) is 10.2 Å². The van der Waals surface area contributed by atoms with Gasteiger partial charge in [0, 0.05) is 44.3 Å². The maximum absolute atomic E-state index is 6.32. The van der Waals surface area contributed by atoms with E-state index in [0.29, 0.717) is 16.9 Å². The van der Waals surface area contributed by atoms with Gasteiger partial charge in [0.15, 0.2) is 0 Å². The van der Waals surface area contributed by atoms with Crippen molar-refractivity contribution < 1.29 is 0 Å². The van der Waals surface area contributed by atoms with E-state index in [-0.39, 0.29) is 0 Å². The Kier molecular flexibility index (Phi) is 6.71. The van der Waals surface area contributed by atoms with Gasteiger partial charge < -0.3 is 21.3 Å². The molecule has 0 fully saturated rings. The zero-order valence-corrected chi connectivity index (χ0v) is 18.7. The molecule has 3 aromatic rings. The molecule has 0 aliphatic heterocycles. The fraction of sp³-hybridized carbons (Fsp3) is 0.182. The van der Waals surface area contributed by atoms with Crippen LogP contribution in [0.1, 0.15) is 11.1 Å². The third kappa shape index (κ3) is 4.92. The van der Waals surface area contributed by atoms with Crippen molar-refractivity contribution in [2.24, 2.45) is 31.9 Å². The van der Waals surface area contributed by atoms with Crippen LogP contribution in [0.25, 0.3) is 21.5 Å². The Morgan fingerprint density at radius 3 is 1.68 bits per heavy atom. The van der Waals surface area contributed by atoms with Crippen LogP contribution < -0.4 is 11.5 Å². The summed E-state index contributed by atoms with van der Waals surface area (Å²) in [6.45, 7) is 0. The topological polar surface area (TPSA) is 108 Å². The highest BCUT2D eigenvalue weighted by atomic mass is 35.5. The molecule has 0 aliphatic carbocycles. The molecule has 0 radical (unpaired) electrons. The number of hydrogen-bond acceptors (Lipinski definition) is 4. The predicted octanol–water partition coefficient (Wildman–Crippen LogP) is 3.07. The molecule has 0 saturated carbocycles. The maximum Gasteiger partial charge on any atom is 0.215 e. The van der Waals surface area contributed by atoms with Gasteiger partial charge in [0.1, 0.15) is 0 Å². The molecule has 31 heavy (non-hydrogen) atoms. The number of fused-ring (bicyclic) bond motifs is 2. The number of halogens is 1. The Morgan fingerprint density at radius 2 is 1.19 bits per heavy atom. The van der Waals surface area contributed by atoms with E-state index in [1.54, 1.807) is 50.4 Å². The molecular weight excluding hydrogens is 412 g/mol. The average Bonchev–Trinajstić information content (AvgIpc) is 2.74. The number of hydrogen-bond donors (Lipinski definition) is 2. The van der Waals surface area contributed by atoms with Gasteiger partial charge in [-0.05, 0) is 33.7 Å². The number of rotatable bonds is 4. The molecule has 0 spiro atoms. The van der Waals surface area contributed by atoms with E-state index in [1.807, 2.05) is 42.5 Å². The van der Waals surface area contributed by atoms with Crippen molar-refractivity contribution in [1.82, 2.24) is 9.80 Å². The zero-order valence-electron chi connectivity index (χ0n) is 17.9. The van der Waals surface area contributed by atoms with E-state index in [9.17, 15) is 0 Å². The third-order valence-corrected chi connectivity index (χ3v) is 4.91. The normalized spacial score (nSPS) is 13.1. The van der Waals surface area contributed by atoms with E-state index < -0.39 is 0 Å². The number of guanidine groups is 2. The van der Waals surface area contributed by atoms with Gasteiger partial charge in [0.25, 0.3) is 0 Å². The van der Waals surface area contributed by atoms with Crippen molar-refractivity contribution in [3.63, 3.8) is 0 Å². The third-order valence-electron chi connectivity index (χ3n) is 4.68. The molecule has 0 unspecified atom stereocenters. The highest BCUT2D eigenvalue weighted by molar-refractivity contribution is 6.32. The first-order valence-corrected chi connectivity index (χ1v) is 9.89. The quantitative estimate of drug-likeness (QED) is 0.283. The summed E-state index contributed by atoms with van der Waals surface area (Å²) in [6, 6.07) is 13.7. The van der Waals surface area contributed by atoms with E-state index in [2.05, 4.69) is 20.4 Å². The molecule has 9 heteroatoms. The van der Waals surface area contributed by atoms with Crippen LogP contribution in [0.15, 0.2) is 62.9 Å². The number of nitrogens with two attached hydrogens (primary N) is 2. The Hall–Kier alpha value is -3.65. The first kappa shape index (κ1) is 22.0. The first-order valence-electron chi connectivity index (χ1n) is 9.51. The van der Waals surface area contributed by atoms with Crippen molar-refractivity contribution in [2.45, 2.75) is 0 Å². The second-order valence-corrected chi connectivity index (χ2v) is 7.69. The van der Waals surface area contributed by atoms with Crippen molar-refractivity contribution in [2.75, 3.05) is 28.2 Å². The van der Waals surface area contributed by atoms with Gasteiger partial charge >= 0.3 is 0 Å². The van der Waals surface area contributed by atoms with Crippen molar-refractivity contribution in [1.29, 1.82) is 0 Å². The lowest BCUT2D eigenvalue weighted by atomic mass is 9.92. The SMILES string of the molecule is CN(C)C(N)=N/N=C/c1c2ccccc2c(/C=N/N=C(\N)N(C)C)c2cc(Cl)ccc12. The molecule has 4 N–H and O–H groups in total. The van der Waals surface area contributed by atoms with E-state index in [4.69, 9.17) is 23.1 Å². The Balaban J connectivity index is 2.28. The summed E-state index contributed by atoms with van der Waals surface area (Å²) in [6.07, 6.45) is 3.40. The molecule has 0 amide bonds. The number of benzene rings is 3.